The Balaban J connectivity index is 2.28. The maximum absolute atomic E-state index is 13.6. The molecule has 2 aromatic carbocycles. The molecule has 9 nitrogen and oxygen atoms in total. The van der Waals surface area contributed by atoms with Crippen molar-refractivity contribution in [2.24, 2.45) is 0 Å². The molecule has 1 atom stereocenters. The van der Waals surface area contributed by atoms with Gasteiger partial charge in [0.15, 0.2) is 0 Å². The number of para-hydroxylation sites is 2. The molecule has 2 aromatic rings. The Kier molecular flexibility index (Phi) is 11.6. The minimum Gasteiger partial charge on any atom is -0.497 e. The number of nitrogens with zero attached hydrogens (tertiary/aromatic N) is 2. The van der Waals surface area contributed by atoms with Gasteiger partial charge in [0.05, 0.1) is 25.7 Å². The summed E-state index contributed by atoms with van der Waals surface area (Å²) in [4.78, 5) is 28.4. The van der Waals surface area contributed by atoms with Crippen molar-refractivity contribution >= 4 is 27.5 Å². The van der Waals surface area contributed by atoms with Crippen molar-refractivity contribution in [2.75, 3.05) is 30.8 Å². The highest BCUT2D eigenvalue weighted by molar-refractivity contribution is 7.92. The molecule has 0 radical (unpaired) electrons. The van der Waals surface area contributed by atoms with E-state index < -0.39 is 21.6 Å². The maximum atomic E-state index is 13.6. The monoisotopic (exact) mass is 561 g/mol. The predicted octanol–water partition coefficient (Wildman–Crippen LogP) is 4.36. The standard InChI is InChI=1S/C29H43N3O6S/c1-8-24(28(34)30-29(3,4)5)31(21-22-16-18-23(37-6)19-17-22)27(33)15-12-20-32(39(7,35)36)25-13-10-11-14-26(25)38-9-2/h10-11,13-14,16-19,24H,8-9,12,15,20-21H2,1-7H3,(H,30,34)/t24-/m0/s1. The van der Waals surface area contributed by atoms with E-state index in [0.29, 0.717) is 30.2 Å². The third-order valence-corrected chi connectivity index (χ3v) is 7.16. The van der Waals surface area contributed by atoms with Gasteiger partial charge in [-0.1, -0.05) is 31.2 Å². The summed E-state index contributed by atoms with van der Waals surface area (Å²) in [5.41, 5.74) is 0.832. The molecular formula is C29H43N3O6S. The lowest BCUT2D eigenvalue weighted by molar-refractivity contribution is -0.142. The molecule has 0 bridgehead atoms. The molecule has 1 N–H and O–H groups in total. The molecule has 0 spiro atoms. The second-order valence-corrected chi connectivity index (χ2v) is 12.3. The van der Waals surface area contributed by atoms with Crippen LogP contribution in [0, 0.1) is 0 Å². The lowest BCUT2D eigenvalue weighted by atomic mass is 10.0. The number of sulfonamides is 1. The molecular weight excluding hydrogens is 518 g/mol. The highest BCUT2D eigenvalue weighted by Crippen LogP contribution is 2.30. The Morgan fingerprint density at radius 2 is 1.67 bits per heavy atom. The SMILES string of the molecule is CCOc1ccccc1N(CCCC(=O)N(Cc1ccc(OC)cc1)[C@@H](CC)C(=O)NC(C)(C)C)S(C)(=O)=O. The highest BCUT2D eigenvalue weighted by atomic mass is 32.2. The smallest absolute Gasteiger partial charge is 0.243 e. The summed E-state index contributed by atoms with van der Waals surface area (Å²) < 4.78 is 37.5. The molecule has 10 heteroatoms. The van der Waals surface area contributed by atoms with Gasteiger partial charge in [-0.25, -0.2) is 8.42 Å². The topological polar surface area (TPSA) is 105 Å². The fourth-order valence-corrected chi connectivity index (χ4v) is 5.19. The molecule has 0 fully saturated rings. The third-order valence-electron chi connectivity index (χ3n) is 5.98. The number of hydrogen-bond donors (Lipinski definition) is 1. The number of hydrogen-bond acceptors (Lipinski definition) is 6. The average Bonchev–Trinajstić information content (AvgIpc) is 2.85. The molecule has 39 heavy (non-hydrogen) atoms. The number of methoxy groups -OCH3 is 1. The number of nitrogens with one attached hydrogen (secondary N) is 1. The van der Waals surface area contributed by atoms with Crippen molar-refractivity contribution in [2.45, 2.75) is 72.0 Å². The fraction of sp³-hybridized carbons (Fsp3) is 0.517. The van der Waals surface area contributed by atoms with Gasteiger partial charge in [-0.15, -0.1) is 0 Å². The van der Waals surface area contributed by atoms with Crippen molar-refractivity contribution < 1.29 is 27.5 Å². The molecule has 2 rings (SSSR count). The van der Waals surface area contributed by atoms with Gasteiger partial charge in [-0.05, 0) is 70.4 Å². The number of carbonyl (C=O) groups excluding carboxylic acids is 2. The number of carbonyl (C=O) groups is 2. The van der Waals surface area contributed by atoms with Crippen LogP contribution in [-0.2, 0) is 26.2 Å². The summed E-state index contributed by atoms with van der Waals surface area (Å²) in [7, 11) is -2.05. The van der Waals surface area contributed by atoms with Gasteiger partial charge in [0.1, 0.15) is 17.5 Å². The zero-order valence-electron chi connectivity index (χ0n) is 24.2. The third kappa shape index (κ3) is 9.76. The van der Waals surface area contributed by atoms with Crippen molar-refractivity contribution in [3.8, 4) is 11.5 Å². The molecule has 0 saturated heterocycles. The first-order valence-electron chi connectivity index (χ1n) is 13.2. The lowest BCUT2D eigenvalue weighted by Crippen LogP contribution is -2.53. The van der Waals surface area contributed by atoms with Gasteiger partial charge >= 0.3 is 0 Å². The van der Waals surface area contributed by atoms with E-state index in [9.17, 15) is 18.0 Å². The Labute approximate surface area is 233 Å². The Morgan fingerprint density at radius 3 is 2.21 bits per heavy atom. The summed E-state index contributed by atoms with van der Waals surface area (Å²) in [6, 6.07) is 13.6. The van der Waals surface area contributed by atoms with Crippen LogP contribution < -0.4 is 19.1 Å². The van der Waals surface area contributed by atoms with Crippen LogP contribution in [0.1, 0.15) is 59.4 Å². The largest absolute Gasteiger partial charge is 0.497 e. The van der Waals surface area contributed by atoms with Crippen LogP contribution in [0.15, 0.2) is 48.5 Å². The van der Waals surface area contributed by atoms with Gasteiger partial charge in [-0.2, -0.15) is 0 Å². The van der Waals surface area contributed by atoms with Crippen molar-refractivity contribution in [3.05, 3.63) is 54.1 Å². The molecule has 0 aliphatic rings. The zero-order valence-corrected chi connectivity index (χ0v) is 25.0. The van der Waals surface area contributed by atoms with Gasteiger partial charge < -0.3 is 19.7 Å². The first-order chi connectivity index (χ1) is 18.3. The summed E-state index contributed by atoms with van der Waals surface area (Å²) in [5.74, 6) is 0.702. The minimum atomic E-state index is -3.63. The van der Waals surface area contributed by atoms with Crippen molar-refractivity contribution in [1.82, 2.24) is 10.2 Å². The Morgan fingerprint density at radius 1 is 1.03 bits per heavy atom. The van der Waals surface area contributed by atoms with Crippen LogP contribution in [0.3, 0.4) is 0 Å². The molecule has 216 valence electrons. The van der Waals surface area contributed by atoms with Crippen LogP contribution in [0.5, 0.6) is 11.5 Å². The Bertz CT molecular complexity index is 1190. The molecule has 2 amide bonds. The van der Waals surface area contributed by atoms with E-state index in [0.717, 1.165) is 11.8 Å². The minimum absolute atomic E-state index is 0.0677. The van der Waals surface area contributed by atoms with Crippen molar-refractivity contribution in [1.29, 1.82) is 0 Å². The summed E-state index contributed by atoms with van der Waals surface area (Å²) in [5, 5.41) is 2.99. The molecule has 0 unspecified atom stereocenters. The number of amides is 2. The normalized spacial score (nSPS) is 12.4. The van der Waals surface area contributed by atoms with Crippen molar-refractivity contribution in [3.63, 3.8) is 0 Å². The number of rotatable bonds is 14. The number of anilines is 1. The summed E-state index contributed by atoms with van der Waals surface area (Å²) in [6.07, 6.45) is 1.90. The summed E-state index contributed by atoms with van der Waals surface area (Å²) >= 11 is 0. The average molecular weight is 562 g/mol. The zero-order chi connectivity index (χ0) is 29.2. The van der Waals surface area contributed by atoms with Crippen LogP contribution >= 0.6 is 0 Å². The Hall–Kier alpha value is -3.27. The second kappa shape index (κ2) is 14.2. The van der Waals surface area contributed by atoms with Gasteiger partial charge in [-0.3, -0.25) is 13.9 Å². The highest BCUT2D eigenvalue weighted by Gasteiger charge is 2.31. The predicted molar refractivity (Wildman–Crippen MR) is 155 cm³/mol. The fourth-order valence-electron chi connectivity index (χ4n) is 4.22. The van der Waals surface area contributed by atoms with E-state index in [1.165, 1.54) is 4.31 Å². The van der Waals surface area contributed by atoms with Gasteiger partial charge in [0.2, 0.25) is 21.8 Å². The number of ether oxygens (including phenoxy) is 2. The van der Waals surface area contributed by atoms with E-state index in [1.807, 2.05) is 58.9 Å². The van der Waals surface area contributed by atoms with Crippen LogP contribution in [0.2, 0.25) is 0 Å². The van der Waals surface area contributed by atoms with Crippen LogP contribution in [0.25, 0.3) is 0 Å². The van der Waals surface area contributed by atoms with E-state index in [4.69, 9.17) is 9.47 Å². The van der Waals surface area contributed by atoms with Crippen LogP contribution in [0.4, 0.5) is 5.69 Å². The van der Waals surface area contributed by atoms with Crippen LogP contribution in [-0.4, -0.2) is 63.2 Å². The molecule has 0 heterocycles. The van der Waals surface area contributed by atoms with Gasteiger partial charge in [0.25, 0.3) is 0 Å². The quantitative estimate of drug-likeness (QED) is 0.367. The van der Waals surface area contributed by atoms with E-state index in [2.05, 4.69) is 5.32 Å². The molecule has 0 aliphatic carbocycles. The van der Waals surface area contributed by atoms with E-state index >= 15 is 0 Å². The van der Waals surface area contributed by atoms with E-state index in [-0.39, 0.29) is 37.7 Å². The first kappa shape index (κ1) is 31.9. The number of benzene rings is 2. The molecule has 0 aromatic heterocycles. The maximum Gasteiger partial charge on any atom is 0.243 e. The lowest BCUT2D eigenvalue weighted by Gasteiger charge is -2.33. The molecule has 0 saturated carbocycles. The summed E-state index contributed by atoms with van der Waals surface area (Å²) in [6.45, 7) is 10.1. The first-order valence-corrected chi connectivity index (χ1v) is 15.1. The van der Waals surface area contributed by atoms with E-state index in [1.54, 1.807) is 36.3 Å². The van der Waals surface area contributed by atoms with Gasteiger partial charge in [0, 0.05) is 25.0 Å². The second-order valence-electron chi connectivity index (χ2n) is 10.4. The molecule has 0 aliphatic heterocycles.